The zero-order valence-corrected chi connectivity index (χ0v) is 13.0. The number of amides is 1. The van der Waals surface area contributed by atoms with Gasteiger partial charge >= 0.3 is 0 Å². The fraction of sp³-hybridized carbons (Fsp3) is 0.312. The van der Waals surface area contributed by atoms with Crippen molar-refractivity contribution in [2.75, 3.05) is 5.43 Å². The Bertz CT molecular complexity index is 611. The number of aromatic nitrogens is 2. The number of carbonyl (C=O) groups excluding carboxylic acids is 1. The number of anilines is 1. The summed E-state index contributed by atoms with van der Waals surface area (Å²) in [6, 6.07) is 11.6. The van der Waals surface area contributed by atoms with E-state index >= 15 is 0 Å². The van der Waals surface area contributed by atoms with Crippen LogP contribution < -0.4 is 10.9 Å². The molecule has 0 saturated heterocycles. The van der Waals surface area contributed by atoms with Crippen molar-refractivity contribution >= 4 is 11.9 Å². The van der Waals surface area contributed by atoms with E-state index in [-0.39, 0.29) is 5.91 Å². The number of hydrogen-bond acceptors (Lipinski definition) is 5. The highest BCUT2D eigenvalue weighted by molar-refractivity contribution is 5.81. The van der Waals surface area contributed by atoms with E-state index in [1.165, 1.54) is 0 Å². The monoisotopic (exact) mass is 300 g/mol. The highest BCUT2D eigenvalue weighted by Gasteiger charge is 2.13. The van der Waals surface area contributed by atoms with Gasteiger partial charge in [0.05, 0.1) is 6.61 Å². The standard InChI is InChI=1S/C16H20N4O2/c1-11-9-12(2)18-16(17-11)20-19-15(21)13(3)22-10-14-7-5-4-6-8-14/h4-9,13H,10H2,1-3H3,(H,19,21)(H,17,18,20). The molecule has 6 heteroatoms. The summed E-state index contributed by atoms with van der Waals surface area (Å²) in [7, 11) is 0. The fourth-order valence-corrected chi connectivity index (χ4v) is 1.87. The van der Waals surface area contributed by atoms with Crippen LogP contribution >= 0.6 is 0 Å². The van der Waals surface area contributed by atoms with E-state index in [2.05, 4.69) is 20.8 Å². The lowest BCUT2D eigenvalue weighted by molar-refractivity contribution is -0.131. The van der Waals surface area contributed by atoms with Crippen LogP contribution in [-0.4, -0.2) is 22.0 Å². The molecule has 0 fully saturated rings. The van der Waals surface area contributed by atoms with E-state index < -0.39 is 6.10 Å². The van der Waals surface area contributed by atoms with E-state index in [0.717, 1.165) is 17.0 Å². The van der Waals surface area contributed by atoms with Gasteiger partial charge in [0.2, 0.25) is 5.95 Å². The van der Waals surface area contributed by atoms with Crippen molar-refractivity contribution in [2.24, 2.45) is 0 Å². The van der Waals surface area contributed by atoms with E-state index in [1.807, 2.05) is 50.2 Å². The van der Waals surface area contributed by atoms with Crippen LogP contribution in [-0.2, 0) is 16.1 Å². The van der Waals surface area contributed by atoms with Crippen molar-refractivity contribution in [1.29, 1.82) is 0 Å². The molecule has 6 nitrogen and oxygen atoms in total. The second-order valence-electron chi connectivity index (χ2n) is 5.03. The first-order valence-electron chi connectivity index (χ1n) is 7.08. The van der Waals surface area contributed by atoms with Gasteiger partial charge in [-0.2, -0.15) is 0 Å². The Morgan fingerprint density at radius 3 is 2.45 bits per heavy atom. The van der Waals surface area contributed by atoms with E-state index in [1.54, 1.807) is 6.92 Å². The number of hydrogen-bond donors (Lipinski definition) is 2. The molecule has 1 unspecified atom stereocenters. The molecule has 0 aliphatic carbocycles. The van der Waals surface area contributed by atoms with E-state index in [0.29, 0.717) is 12.6 Å². The quantitative estimate of drug-likeness (QED) is 0.799. The van der Waals surface area contributed by atoms with Gasteiger partial charge < -0.3 is 4.74 Å². The normalized spacial score (nSPS) is 11.8. The van der Waals surface area contributed by atoms with Gasteiger partial charge in [-0.05, 0) is 32.4 Å². The topological polar surface area (TPSA) is 76.1 Å². The van der Waals surface area contributed by atoms with Gasteiger partial charge in [0, 0.05) is 11.4 Å². The molecular formula is C16H20N4O2. The van der Waals surface area contributed by atoms with Crippen LogP contribution in [0, 0.1) is 13.8 Å². The molecule has 2 rings (SSSR count). The first-order valence-corrected chi connectivity index (χ1v) is 7.08. The molecule has 0 aliphatic heterocycles. The van der Waals surface area contributed by atoms with Gasteiger partial charge in [-0.15, -0.1) is 0 Å². The Hall–Kier alpha value is -2.47. The second kappa shape index (κ2) is 7.51. The predicted molar refractivity (Wildman–Crippen MR) is 84.0 cm³/mol. The Balaban J connectivity index is 1.81. The molecular weight excluding hydrogens is 280 g/mol. The lowest BCUT2D eigenvalue weighted by atomic mass is 10.2. The summed E-state index contributed by atoms with van der Waals surface area (Å²) in [5, 5.41) is 0. The third kappa shape index (κ3) is 4.82. The maximum absolute atomic E-state index is 12.0. The summed E-state index contributed by atoms with van der Waals surface area (Å²) in [6.07, 6.45) is -0.585. The average Bonchev–Trinajstić information content (AvgIpc) is 2.50. The summed E-state index contributed by atoms with van der Waals surface area (Å²) >= 11 is 0. The Morgan fingerprint density at radius 1 is 1.18 bits per heavy atom. The van der Waals surface area contributed by atoms with E-state index in [9.17, 15) is 4.79 Å². The van der Waals surface area contributed by atoms with Gasteiger partial charge in [0.15, 0.2) is 0 Å². The molecule has 1 amide bonds. The van der Waals surface area contributed by atoms with Gasteiger partial charge in [0.25, 0.3) is 5.91 Å². The van der Waals surface area contributed by atoms with Crippen LogP contribution in [0.3, 0.4) is 0 Å². The van der Waals surface area contributed by atoms with Crippen molar-refractivity contribution in [2.45, 2.75) is 33.5 Å². The van der Waals surface area contributed by atoms with Gasteiger partial charge in [-0.3, -0.25) is 15.6 Å². The van der Waals surface area contributed by atoms with Gasteiger partial charge in [-0.25, -0.2) is 9.97 Å². The number of aryl methyl sites for hydroxylation is 2. The average molecular weight is 300 g/mol. The zero-order valence-electron chi connectivity index (χ0n) is 13.0. The number of carbonyl (C=O) groups is 1. The fourth-order valence-electron chi connectivity index (χ4n) is 1.87. The molecule has 1 aromatic carbocycles. The van der Waals surface area contributed by atoms with Gasteiger partial charge in [0.1, 0.15) is 6.10 Å². The summed E-state index contributed by atoms with van der Waals surface area (Å²) in [5.74, 6) is 0.0831. The summed E-state index contributed by atoms with van der Waals surface area (Å²) < 4.78 is 5.53. The molecule has 0 aliphatic rings. The third-order valence-electron chi connectivity index (χ3n) is 2.99. The van der Waals surface area contributed by atoms with Gasteiger partial charge in [-0.1, -0.05) is 30.3 Å². The highest BCUT2D eigenvalue weighted by atomic mass is 16.5. The minimum atomic E-state index is -0.585. The number of rotatable bonds is 6. The minimum absolute atomic E-state index is 0.279. The van der Waals surface area contributed by atoms with Crippen molar-refractivity contribution in [3.63, 3.8) is 0 Å². The van der Waals surface area contributed by atoms with Crippen LogP contribution in [0.15, 0.2) is 36.4 Å². The minimum Gasteiger partial charge on any atom is -0.364 e. The van der Waals surface area contributed by atoms with Crippen LogP contribution in [0.25, 0.3) is 0 Å². The van der Waals surface area contributed by atoms with Crippen LogP contribution in [0.5, 0.6) is 0 Å². The molecule has 0 saturated carbocycles. The number of nitrogens with zero attached hydrogens (tertiary/aromatic N) is 2. The second-order valence-corrected chi connectivity index (χ2v) is 5.03. The molecule has 116 valence electrons. The summed E-state index contributed by atoms with van der Waals surface area (Å²) in [6.45, 7) is 5.82. The molecule has 1 heterocycles. The molecule has 0 radical (unpaired) electrons. The first-order chi connectivity index (χ1) is 10.5. The maximum Gasteiger partial charge on any atom is 0.267 e. The molecule has 0 bridgehead atoms. The van der Waals surface area contributed by atoms with Crippen molar-refractivity contribution in [1.82, 2.24) is 15.4 Å². The summed E-state index contributed by atoms with van der Waals surface area (Å²) in [4.78, 5) is 20.3. The maximum atomic E-state index is 12.0. The lowest BCUT2D eigenvalue weighted by Crippen LogP contribution is -2.38. The third-order valence-corrected chi connectivity index (χ3v) is 2.99. The first kappa shape index (κ1) is 15.9. The lowest BCUT2D eigenvalue weighted by Gasteiger charge is -2.14. The number of ether oxygens (including phenoxy) is 1. The van der Waals surface area contributed by atoms with Crippen LogP contribution in [0.4, 0.5) is 5.95 Å². The summed E-state index contributed by atoms with van der Waals surface area (Å²) in [5.41, 5.74) is 7.94. The molecule has 2 aromatic rings. The van der Waals surface area contributed by atoms with Crippen LogP contribution in [0.1, 0.15) is 23.9 Å². The van der Waals surface area contributed by atoms with Crippen molar-refractivity contribution in [3.8, 4) is 0 Å². The largest absolute Gasteiger partial charge is 0.364 e. The van der Waals surface area contributed by atoms with E-state index in [4.69, 9.17) is 4.74 Å². The predicted octanol–water partition coefficient (Wildman–Crippen LogP) is 2.14. The SMILES string of the molecule is Cc1cc(C)nc(NNC(=O)C(C)OCc2ccccc2)n1. The molecule has 22 heavy (non-hydrogen) atoms. The number of benzene rings is 1. The molecule has 0 spiro atoms. The van der Waals surface area contributed by atoms with Crippen LogP contribution in [0.2, 0.25) is 0 Å². The zero-order chi connectivity index (χ0) is 15.9. The molecule has 1 aromatic heterocycles. The molecule has 2 N–H and O–H groups in total. The van der Waals surface area contributed by atoms with Crippen molar-refractivity contribution < 1.29 is 9.53 Å². The molecule has 1 atom stereocenters. The smallest absolute Gasteiger partial charge is 0.267 e. The number of nitrogens with one attached hydrogen (secondary N) is 2. The van der Waals surface area contributed by atoms with Crippen molar-refractivity contribution in [3.05, 3.63) is 53.3 Å². The Kier molecular flexibility index (Phi) is 5.43. The Morgan fingerprint density at radius 2 is 1.82 bits per heavy atom. The Labute approximate surface area is 129 Å². The highest BCUT2D eigenvalue weighted by Crippen LogP contribution is 2.04. The number of hydrazine groups is 1.